The normalized spacial score (nSPS) is 32.2. The minimum Gasteiger partial charge on any atom is -0.359 e. The van der Waals surface area contributed by atoms with E-state index in [4.69, 9.17) is 0 Å². The number of rotatable bonds is 0. The Kier molecular flexibility index (Phi) is 1.71. The SMILES string of the molecule is CC(C)(C)C1OC1C(F)(F)F. The monoisotopic (exact) mass is 168 g/mol. The molecule has 2 unspecified atom stereocenters. The summed E-state index contributed by atoms with van der Waals surface area (Å²) in [4.78, 5) is 0. The molecule has 4 heteroatoms. The minimum absolute atomic E-state index is 0.403. The molecular formula is C7H11F3O. The van der Waals surface area contributed by atoms with Gasteiger partial charge < -0.3 is 4.74 Å². The van der Waals surface area contributed by atoms with Gasteiger partial charge in [-0.3, -0.25) is 0 Å². The van der Waals surface area contributed by atoms with E-state index in [0.29, 0.717) is 0 Å². The Balaban J connectivity index is 2.51. The third-order valence-corrected chi connectivity index (χ3v) is 1.67. The predicted molar refractivity (Wildman–Crippen MR) is 34.2 cm³/mol. The van der Waals surface area contributed by atoms with Crippen LogP contribution in [0.5, 0.6) is 0 Å². The van der Waals surface area contributed by atoms with Crippen LogP contribution in [0.3, 0.4) is 0 Å². The molecule has 0 N–H and O–H groups in total. The molecule has 0 bridgehead atoms. The van der Waals surface area contributed by atoms with Crippen molar-refractivity contribution < 1.29 is 17.9 Å². The van der Waals surface area contributed by atoms with Crippen molar-refractivity contribution in [3.8, 4) is 0 Å². The van der Waals surface area contributed by atoms with Gasteiger partial charge in [0.2, 0.25) is 0 Å². The molecule has 1 heterocycles. The summed E-state index contributed by atoms with van der Waals surface area (Å²) in [6, 6.07) is 0. The van der Waals surface area contributed by atoms with Crippen molar-refractivity contribution in [2.45, 2.75) is 39.2 Å². The van der Waals surface area contributed by atoms with Crippen LogP contribution < -0.4 is 0 Å². The molecule has 1 aliphatic heterocycles. The number of ether oxygens (including phenoxy) is 1. The second-order valence-electron chi connectivity index (χ2n) is 3.88. The molecule has 11 heavy (non-hydrogen) atoms. The lowest BCUT2D eigenvalue weighted by Gasteiger charge is -2.14. The Bertz CT molecular complexity index is 138. The van der Waals surface area contributed by atoms with Gasteiger partial charge in [0.25, 0.3) is 0 Å². The van der Waals surface area contributed by atoms with E-state index < -0.39 is 23.8 Å². The van der Waals surface area contributed by atoms with E-state index in [2.05, 4.69) is 4.74 Å². The molecule has 0 saturated carbocycles. The molecule has 0 radical (unpaired) electrons. The van der Waals surface area contributed by atoms with Crippen LogP contribution in [0.1, 0.15) is 20.8 Å². The molecule has 1 nitrogen and oxygen atoms in total. The summed E-state index contributed by atoms with van der Waals surface area (Å²) in [7, 11) is 0. The molecule has 0 aromatic rings. The predicted octanol–water partition coefficient (Wildman–Crippen LogP) is 2.36. The lowest BCUT2D eigenvalue weighted by molar-refractivity contribution is -0.146. The van der Waals surface area contributed by atoms with Gasteiger partial charge in [-0.15, -0.1) is 0 Å². The molecule has 1 fully saturated rings. The van der Waals surface area contributed by atoms with Crippen LogP contribution in [-0.2, 0) is 4.74 Å². The fourth-order valence-corrected chi connectivity index (χ4v) is 1.02. The van der Waals surface area contributed by atoms with E-state index >= 15 is 0 Å². The maximum atomic E-state index is 11.9. The molecule has 66 valence electrons. The first kappa shape index (κ1) is 8.84. The van der Waals surface area contributed by atoms with Gasteiger partial charge in [0.15, 0.2) is 6.10 Å². The third kappa shape index (κ3) is 1.86. The van der Waals surface area contributed by atoms with Crippen molar-refractivity contribution in [3.05, 3.63) is 0 Å². The topological polar surface area (TPSA) is 12.5 Å². The van der Waals surface area contributed by atoms with Crippen molar-refractivity contribution in [1.82, 2.24) is 0 Å². The maximum Gasteiger partial charge on any atom is 0.417 e. The van der Waals surface area contributed by atoms with Crippen molar-refractivity contribution in [3.63, 3.8) is 0 Å². The first-order valence-electron chi connectivity index (χ1n) is 3.45. The van der Waals surface area contributed by atoms with Gasteiger partial charge in [-0.1, -0.05) is 20.8 Å². The average molecular weight is 168 g/mol. The van der Waals surface area contributed by atoms with Gasteiger partial charge in [-0.2, -0.15) is 13.2 Å². The highest BCUT2D eigenvalue weighted by Gasteiger charge is 2.61. The Labute approximate surface area is 63.5 Å². The zero-order valence-corrected chi connectivity index (χ0v) is 6.70. The van der Waals surface area contributed by atoms with E-state index in [9.17, 15) is 13.2 Å². The largest absolute Gasteiger partial charge is 0.417 e. The van der Waals surface area contributed by atoms with E-state index in [1.54, 1.807) is 20.8 Å². The zero-order chi connectivity index (χ0) is 8.86. The van der Waals surface area contributed by atoms with E-state index in [-0.39, 0.29) is 0 Å². The second kappa shape index (κ2) is 2.12. The summed E-state index contributed by atoms with van der Waals surface area (Å²) in [5.74, 6) is 0. The second-order valence-corrected chi connectivity index (χ2v) is 3.88. The number of hydrogen-bond donors (Lipinski definition) is 0. The number of epoxide rings is 1. The summed E-state index contributed by atoms with van der Waals surface area (Å²) in [6.45, 7) is 5.22. The number of alkyl halides is 3. The van der Waals surface area contributed by atoms with Crippen LogP contribution in [0.2, 0.25) is 0 Å². The van der Waals surface area contributed by atoms with Crippen molar-refractivity contribution in [2.24, 2.45) is 5.41 Å². The fraction of sp³-hybridized carbons (Fsp3) is 1.00. The molecule has 0 aromatic carbocycles. The summed E-state index contributed by atoms with van der Waals surface area (Å²) in [5.41, 5.74) is -0.403. The Morgan fingerprint density at radius 2 is 1.45 bits per heavy atom. The van der Waals surface area contributed by atoms with Crippen molar-refractivity contribution in [1.29, 1.82) is 0 Å². The first-order valence-corrected chi connectivity index (χ1v) is 3.45. The van der Waals surface area contributed by atoms with Gasteiger partial charge in [-0.05, 0) is 5.41 Å². The number of hydrogen-bond acceptors (Lipinski definition) is 1. The highest BCUT2D eigenvalue weighted by atomic mass is 19.4. The van der Waals surface area contributed by atoms with Crippen molar-refractivity contribution in [2.75, 3.05) is 0 Å². The molecule has 2 atom stereocenters. The maximum absolute atomic E-state index is 11.9. The lowest BCUT2D eigenvalue weighted by atomic mass is 9.90. The lowest BCUT2D eigenvalue weighted by Crippen LogP contribution is -2.25. The highest BCUT2D eigenvalue weighted by Crippen LogP contribution is 2.46. The van der Waals surface area contributed by atoms with Gasteiger partial charge in [0, 0.05) is 0 Å². The highest BCUT2D eigenvalue weighted by molar-refractivity contribution is 4.97. The summed E-state index contributed by atoms with van der Waals surface area (Å²) >= 11 is 0. The van der Waals surface area contributed by atoms with Crippen molar-refractivity contribution >= 4 is 0 Å². The summed E-state index contributed by atoms with van der Waals surface area (Å²) in [5, 5.41) is 0. The van der Waals surface area contributed by atoms with Gasteiger partial charge in [0.1, 0.15) is 0 Å². The average Bonchev–Trinajstić information content (AvgIpc) is 2.30. The smallest absolute Gasteiger partial charge is 0.359 e. The molecule has 1 aliphatic rings. The molecule has 1 rings (SSSR count). The zero-order valence-electron chi connectivity index (χ0n) is 6.70. The molecular weight excluding hydrogens is 157 g/mol. The fourth-order valence-electron chi connectivity index (χ4n) is 1.02. The van der Waals surface area contributed by atoms with Crippen LogP contribution in [0, 0.1) is 5.41 Å². The molecule has 0 aliphatic carbocycles. The van der Waals surface area contributed by atoms with Crippen LogP contribution >= 0.6 is 0 Å². The molecule has 0 aromatic heterocycles. The molecule has 0 spiro atoms. The summed E-state index contributed by atoms with van der Waals surface area (Å²) < 4.78 is 40.2. The van der Waals surface area contributed by atoms with Gasteiger partial charge in [-0.25, -0.2) is 0 Å². The Morgan fingerprint density at radius 3 is 1.55 bits per heavy atom. The van der Waals surface area contributed by atoms with E-state index in [1.165, 1.54) is 0 Å². The first-order chi connectivity index (χ1) is 4.73. The molecule has 1 saturated heterocycles. The minimum atomic E-state index is -4.18. The van der Waals surface area contributed by atoms with Gasteiger partial charge >= 0.3 is 6.18 Å². The standard InChI is InChI=1S/C7H11F3O/c1-6(2,3)4-5(11-4)7(8,9)10/h4-5H,1-3H3. The Hall–Kier alpha value is -0.250. The third-order valence-electron chi connectivity index (χ3n) is 1.67. The molecule has 0 amide bonds. The van der Waals surface area contributed by atoms with Crippen LogP contribution in [0.4, 0.5) is 13.2 Å². The Morgan fingerprint density at radius 1 is 1.00 bits per heavy atom. The quantitative estimate of drug-likeness (QED) is 0.506. The van der Waals surface area contributed by atoms with Gasteiger partial charge in [0.05, 0.1) is 6.10 Å². The van der Waals surface area contributed by atoms with Crippen LogP contribution in [0.25, 0.3) is 0 Å². The summed E-state index contributed by atoms with van der Waals surface area (Å²) in [6.07, 6.45) is -6.36. The van der Waals surface area contributed by atoms with Crippen LogP contribution in [0.15, 0.2) is 0 Å². The van der Waals surface area contributed by atoms with E-state index in [0.717, 1.165) is 0 Å². The van der Waals surface area contributed by atoms with Crippen LogP contribution in [-0.4, -0.2) is 18.4 Å². The van der Waals surface area contributed by atoms with E-state index in [1.807, 2.05) is 0 Å². The number of halogens is 3.